The zero-order chi connectivity index (χ0) is 10.8. The molecule has 0 fully saturated rings. The van der Waals surface area contributed by atoms with Crippen molar-refractivity contribution in [3.8, 4) is 11.8 Å². The van der Waals surface area contributed by atoms with Crippen LogP contribution in [0.2, 0.25) is 0 Å². The van der Waals surface area contributed by atoms with Gasteiger partial charge in [-0.2, -0.15) is 0 Å². The van der Waals surface area contributed by atoms with Gasteiger partial charge in [-0.15, -0.1) is 0 Å². The highest BCUT2D eigenvalue weighted by atomic mass is 19.1. The maximum atomic E-state index is 12.8. The minimum absolute atomic E-state index is 0.348. The van der Waals surface area contributed by atoms with Gasteiger partial charge in [0.05, 0.1) is 6.20 Å². The van der Waals surface area contributed by atoms with Crippen LogP contribution < -0.4 is 0 Å². The highest BCUT2D eigenvalue weighted by molar-refractivity contribution is 5.32. The first-order chi connectivity index (χ1) is 6.38. The highest BCUT2D eigenvalue weighted by Crippen LogP contribution is 2.05. The lowest BCUT2D eigenvalue weighted by molar-refractivity contribution is 0.143. The Bertz CT molecular complexity index is 396. The lowest BCUT2D eigenvalue weighted by Gasteiger charge is -2.05. The number of halogens is 1. The van der Waals surface area contributed by atoms with E-state index >= 15 is 0 Å². The molecule has 2 nitrogen and oxygen atoms in total. The average Bonchev–Trinajstić information content (AvgIpc) is 2.06. The third-order valence-corrected chi connectivity index (χ3v) is 1.54. The van der Waals surface area contributed by atoms with E-state index < -0.39 is 5.60 Å². The van der Waals surface area contributed by atoms with E-state index in [2.05, 4.69) is 16.8 Å². The number of aliphatic hydroxyl groups is 1. The highest BCUT2D eigenvalue weighted by Gasteiger charge is 2.06. The summed E-state index contributed by atoms with van der Waals surface area (Å²) in [5.41, 5.74) is -0.0877. The molecule has 74 valence electrons. The Morgan fingerprint density at radius 1 is 1.50 bits per heavy atom. The molecule has 0 bridgehead atoms. The standard InChI is InChI=1S/C11H12FNO/c1-8-6-9(13-7-10(8)12)4-5-11(2,3)14/h6-7,14H,1-3H3. The van der Waals surface area contributed by atoms with Gasteiger partial charge in [-0.3, -0.25) is 0 Å². The van der Waals surface area contributed by atoms with Crippen molar-refractivity contribution in [3.63, 3.8) is 0 Å². The number of rotatable bonds is 0. The lowest BCUT2D eigenvalue weighted by Crippen LogP contribution is -2.14. The third kappa shape index (κ3) is 3.15. The van der Waals surface area contributed by atoms with Crippen LogP contribution in [0.5, 0.6) is 0 Å². The molecule has 0 unspecified atom stereocenters. The van der Waals surface area contributed by atoms with Crippen LogP contribution in [0.3, 0.4) is 0 Å². The van der Waals surface area contributed by atoms with Crippen LogP contribution in [0.1, 0.15) is 25.1 Å². The van der Waals surface area contributed by atoms with Crippen molar-refractivity contribution in [3.05, 3.63) is 29.3 Å². The normalized spacial score (nSPS) is 10.6. The zero-order valence-corrected chi connectivity index (χ0v) is 8.43. The second-order valence-electron chi connectivity index (χ2n) is 3.63. The van der Waals surface area contributed by atoms with Gasteiger partial charge in [-0.1, -0.05) is 5.92 Å². The van der Waals surface area contributed by atoms with Crippen molar-refractivity contribution in [1.29, 1.82) is 0 Å². The summed E-state index contributed by atoms with van der Waals surface area (Å²) in [7, 11) is 0. The molecule has 0 aliphatic carbocycles. The number of aromatic nitrogens is 1. The fraction of sp³-hybridized carbons (Fsp3) is 0.364. The van der Waals surface area contributed by atoms with Gasteiger partial charge >= 0.3 is 0 Å². The van der Waals surface area contributed by atoms with Crippen LogP contribution in [-0.2, 0) is 0 Å². The van der Waals surface area contributed by atoms with E-state index in [0.717, 1.165) is 6.20 Å². The van der Waals surface area contributed by atoms with Gasteiger partial charge in [-0.05, 0) is 38.3 Å². The van der Waals surface area contributed by atoms with E-state index in [0.29, 0.717) is 11.3 Å². The Morgan fingerprint density at radius 3 is 2.64 bits per heavy atom. The third-order valence-electron chi connectivity index (χ3n) is 1.54. The number of aryl methyl sites for hydroxylation is 1. The largest absolute Gasteiger partial charge is 0.378 e. The summed E-state index contributed by atoms with van der Waals surface area (Å²) < 4.78 is 12.8. The van der Waals surface area contributed by atoms with Gasteiger partial charge in [0.15, 0.2) is 0 Å². The molecule has 0 amide bonds. The second kappa shape index (κ2) is 3.77. The first-order valence-electron chi connectivity index (χ1n) is 4.26. The first kappa shape index (κ1) is 10.7. The molecule has 1 heterocycles. The summed E-state index contributed by atoms with van der Waals surface area (Å²) in [6.07, 6.45) is 1.13. The average molecular weight is 193 g/mol. The molecule has 3 heteroatoms. The molecule has 0 aliphatic heterocycles. The van der Waals surface area contributed by atoms with E-state index in [1.165, 1.54) is 0 Å². The molecule has 14 heavy (non-hydrogen) atoms. The van der Waals surface area contributed by atoms with E-state index in [4.69, 9.17) is 0 Å². The molecule has 0 saturated heterocycles. The zero-order valence-electron chi connectivity index (χ0n) is 8.43. The number of hydrogen-bond donors (Lipinski definition) is 1. The van der Waals surface area contributed by atoms with Gasteiger partial charge in [0.25, 0.3) is 0 Å². The number of hydrogen-bond acceptors (Lipinski definition) is 2. The summed E-state index contributed by atoms with van der Waals surface area (Å²) in [6, 6.07) is 1.55. The molecule has 1 rings (SSSR count). The van der Waals surface area contributed by atoms with Crippen LogP contribution in [0.15, 0.2) is 12.3 Å². The van der Waals surface area contributed by atoms with Gasteiger partial charge in [0.2, 0.25) is 0 Å². The van der Waals surface area contributed by atoms with Crippen molar-refractivity contribution >= 4 is 0 Å². The molecule has 0 radical (unpaired) electrons. The molecule has 0 atom stereocenters. The fourth-order valence-corrected chi connectivity index (χ4v) is 0.825. The van der Waals surface area contributed by atoms with Gasteiger partial charge in [-0.25, -0.2) is 9.37 Å². The van der Waals surface area contributed by atoms with E-state index in [1.807, 2.05) is 0 Å². The Hall–Kier alpha value is -1.40. The Labute approximate surface area is 82.8 Å². The minimum atomic E-state index is -1.05. The molecule has 1 aromatic heterocycles. The molecule has 0 saturated carbocycles. The number of pyridine rings is 1. The smallest absolute Gasteiger partial charge is 0.144 e. The van der Waals surface area contributed by atoms with Gasteiger partial charge in [0, 0.05) is 0 Å². The second-order valence-corrected chi connectivity index (χ2v) is 3.63. The van der Waals surface area contributed by atoms with Crippen LogP contribution in [0.25, 0.3) is 0 Å². The molecule has 1 N–H and O–H groups in total. The van der Waals surface area contributed by atoms with Crippen LogP contribution >= 0.6 is 0 Å². The van der Waals surface area contributed by atoms with Crippen molar-refractivity contribution in [1.82, 2.24) is 4.98 Å². The molecule has 0 spiro atoms. The Kier molecular flexibility index (Phi) is 2.87. The van der Waals surface area contributed by atoms with Crippen molar-refractivity contribution in [2.45, 2.75) is 26.4 Å². The van der Waals surface area contributed by atoms with Crippen LogP contribution in [0.4, 0.5) is 4.39 Å². The molecule has 0 aliphatic rings. The Balaban J connectivity index is 2.98. The minimum Gasteiger partial charge on any atom is -0.378 e. The predicted molar refractivity (Wildman–Crippen MR) is 52.1 cm³/mol. The topological polar surface area (TPSA) is 33.1 Å². The molecule has 1 aromatic rings. The van der Waals surface area contributed by atoms with Gasteiger partial charge < -0.3 is 5.11 Å². The van der Waals surface area contributed by atoms with E-state index in [-0.39, 0.29) is 5.82 Å². The predicted octanol–water partition coefficient (Wildman–Crippen LogP) is 1.65. The summed E-state index contributed by atoms with van der Waals surface area (Å²) in [5.74, 6) is 4.93. The van der Waals surface area contributed by atoms with Crippen LogP contribution in [-0.4, -0.2) is 15.7 Å². The summed E-state index contributed by atoms with van der Waals surface area (Å²) in [4.78, 5) is 3.78. The van der Waals surface area contributed by atoms with Crippen molar-refractivity contribution in [2.24, 2.45) is 0 Å². The summed E-state index contributed by atoms with van der Waals surface area (Å²) in [6.45, 7) is 4.80. The monoisotopic (exact) mass is 193 g/mol. The van der Waals surface area contributed by atoms with Crippen LogP contribution in [0, 0.1) is 24.6 Å². The van der Waals surface area contributed by atoms with Crippen molar-refractivity contribution < 1.29 is 9.50 Å². The molecule has 0 aromatic carbocycles. The first-order valence-corrected chi connectivity index (χ1v) is 4.26. The Morgan fingerprint density at radius 2 is 2.14 bits per heavy atom. The van der Waals surface area contributed by atoms with E-state index in [9.17, 15) is 9.50 Å². The molecular weight excluding hydrogens is 181 g/mol. The molecular formula is C11H12FNO. The summed E-state index contributed by atoms with van der Waals surface area (Å²) >= 11 is 0. The lowest BCUT2D eigenvalue weighted by atomic mass is 10.1. The quantitative estimate of drug-likeness (QED) is 0.635. The maximum Gasteiger partial charge on any atom is 0.144 e. The summed E-state index contributed by atoms with van der Waals surface area (Å²) in [5, 5.41) is 9.33. The number of nitrogens with zero attached hydrogens (tertiary/aromatic N) is 1. The van der Waals surface area contributed by atoms with Gasteiger partial charge in [0.1, 0.15) is 17.1 Å². The SMILES string of the molecule is Cc1cc(C#CC(C)(C)O)ncc1F. The van der Waals surface area contributed by atoms with E-state index in [1.54, 1.807) is 26.8 Å². The van der Waals surface area contributed by atoms with Crippen molar-refractivity contribution in [2.75, 3.05) is 0 Å². The fourth-order valence-electron chi connectivity index (χ4n) is 0.825. The maximum absolute atomic E-state index is 12.8.